The lowest BCUT2D eigenvalue weighted by Gasteiger charge is -2.31. The normalized spacial score (nSPS) is 19.1. The first-order chi connectivity index (χ1) is 11.1. The number of amides is 1. The molecule has 0 saturated carbocycles. The number of aliphatic imine (C=N–C) groups is 1. The molecule has 0 radical (unpaired) electrons. The van der Waals surface area contributed by atoms with Crippen molar-refractivity contribution >= 4 is 23.2 Å². The van der Waals surface area contributed by atoms with Crippen molar-refractivity contribution < 1.29 is 4.79 Å². The molecule has 1 saturated heterocycles. The third kappa shape index (κ3) is 5.49. The molecule has 1 fully saturated rings. The largest absolute Gasteiger partial charge is 0.357 e. The molecule has 23 heavy (non-hydrogen) atoms. The number of rotatable bonds is 6. The zero-order valence-corrected chi connectivity index (χ0v) is 15.1. The summed E-state index contributed by atoms with van der Waals surface area (Å²) in [6, 6.07) is 0.266. The van der Waals surface area contributed by atoms with Crippen molar-refractivity contribution in [3.8, 4) is 0 Å². The third-order valence-corrected chi connectivity index (χ3v) is 5.06. The summed E-state index contributed by atoms with van der Waals surface area (Å²) in [4.78, 5) is 23.7. The van der Waals surface area contributed by atoms with Crippen molar-refractivity contribution in [2.45, 2.75) is 45.6 Å². The maximum atomic E-state index is 11.6. The lowest BCUT2D eigenvalue weighted by Crippen LogP contribution is -2.51. The van der Waals surface area contributed by atoms with Crippen LogP contribution in [-0.4, -0.2) is 54.5 Å². The van der Waals surface area contributed by atoms with Crippen LogP contribution in [0.2, 0.25) is 0 Å². The van der Waals surface area contributed by atoms with Gasteiger partial charge in [0.05, 0.1) is 5.01 Å². The van der Waals surface area contributed by atoms with Gasteiger partial charge in [0, 0.05) is 56.6 Å². The van der Waals surface area contributed by atoms with Gasteiger partial charge in [-0.1, -0.05) is 6.92 Å². The van der Waals surface area contributed by atoms with Crippen molar-refractivity contribution in [3.63, 3.8) is 0 Å². The summed E-state index contributed by atoms with van der Waals surface area (Å²) in [5.74, 6) is 1.05. The van der Waals surface area contributed by atoms with Crippen LogP contribution in [0.1, 0.15) is 36.6 Å². The molecular weight excluding hydrogens is 310 g/mol. The van der Waals surface area contributed by atoms with Gasteiger partial charge in [0.1, 0.15) is 0 Å². The number of thiazole rings is 1. The van der Waals surface area contributed by atoms with Gasteiger partial charge in [-0.2, -0.15) is 0 Å². The second-order valence-electron chi connectivity index (χ2n) is 5.74. The highest BCUT2D eigenvalue weighted by Crippen LogP contribution is 2.13. The smallest absolute Gasteiger partial charge is 0.222 e. The van der Waals surface area contributed by atoms with E-state index in [1.165, 1.54) is 4.88 Å². The molecule has 128 valence electrons. The average molecular weight is 337 g/mol. The Bertz CT molecular complexity index is 542. The van der Waals surface area contributed by atoms with Crippen LogP contribution in [0.15, 0.2) is 11.2 Å². The van der Waals surface area contributed by atoms with Gasteiger partial charge in [-0.15, -0.1) is 11.3 Å². The highest BCUT2D eigenvalue weighted by Gasteiger charge is 2.23. The molecule has 1 aromatic heterocycles. The minimum Gasteiger partial charge on any atom is -0.357 e. The minimum atomic E-state index is 0.223. The highest BCUT2D eigenvalue weighted by molar-refractivity contribution is 7.11. The fourth-order valence-electron chi connectivity index (χ4n) is 2.53. The molecule has 0 bridgehead atoms. The van der Waals surface area contributed by atoms with Gasteiger partial charge in [-0.3, -0.25) is 9.79 Å². The Kier molecular flexibility index (Phi) is 6.83. The van der Waals surface area contributed by atoms with Crippen molar-refractivity contribution in [2.75, 3.05) is 26.7 Å². The predicted octanol–water partition coefficient (Wildman–Crippen LogP) is 1.42. The molecule has 0 aromatic carbocycles. The lowest BCUT2D eigenvalue weighted by atomic mass is 10.1. The topological polar surface area (TPSA) is 69.6 Å². The molecular formula is C16H27N5OS. The SMILES string of the molecule is CCNC(=NCCc1ncc(CC)s1)NC1CCC(=O)N(C)C1. The number of likely N-dealkylation sites (tertiary alicyclic amines) is 1. The summed E-state index contributed by atoms with van der Waals surface area (Å²) in [5, 5.41) is 7.86. The van der Waals surface area contributed by atoms with Gasteiger partial charge in [0.25, 0.3) is 0 Å². The number of guanidine groups is 1. The van der Waals surface area contributed by atoms with E-state index in [0.717, 1.165) is 43.3 Å². The molecule has 7 heteroatoms. The van der Waals surface area contributed by atoms with E-state index >= 15 is 0 Å². The molecule has 1 aliphatic rings. The number of likely N-dealkylation sites (N-methyl/N-ethyl adjacent to an activating group) is 1. The maximum Gasteiger partial charge on any atom is 0.222 e. The van der Waals surface area contributed by atoms with Crippen LogP contribution in [-0.2, 0) is 17.6 Å². The first kappa shape index (κ1) is 17.7. The molecule has 6 nitrogen and oxygen atoms in total. The molecule has 2 heterocycles. The van der Waals surface area contributed by atoms with Crippen LogP contribution < -0.4 is 10.6 Å². The monoisotopic (exact) mass is 337 g/mol. The Morgan fingerprint density at radius 1 is 1.52 bits per heavy atom. The Morgan fingerprint density at radius 2 is 2.35 bits per heavy atom. The van der Waals surface area contributed by atoms with E-state index in [2.05, 4.69) is 34.5 Å². The third-order valence-electron chi connectivity index (χ3n) is 3.86. The number of hydrogen-bond donors (Lipinski definition) is 2. The van der Waals surface area contributed by atoms with Gasteiger partial charge in [-0.05, 0) is 19.8 Å². The summed E-state index contributed by atoms with van der Waals surface area (Å²) >= 11 is 1.77. The van der Waals surface area contributed by atoms with E-state index in [9.17, 15) is 4.79 Å². The fraction of sp³-hybridized carbons (Fsp3) is 0.688. The second kappa shape index (κ2) is 8.86. The number of carbonyl (C=O) groups excluding carboxylic acids is 1. The van der Waals surface area contributed by atoms with E-state index < -0.39 is 0 Å². The quantitative estimate of drug-likeness (QED) is 0.608. The van der Waals surface area contributed by atoms with Crippen LogP contribution in [0.4, 0.5) is 0 Å². The number of nitrogens with one attached hydrogen (secondary N) is 2. The zero-order valence-electron chi connectivity index (χ0n) is 14.3. The number of aromatic nitrogens is 1. The number of hydrogen-bond acceptors (Lipinski definition) is 4. The van der Waals surface area contributed by atoms with Gasteiger partial charge < -0.3 is 15.5 Å². The Labute approximate surface area is 142 Å². The molecule has 2 rings (SSSR count). The van der Waals surface area contributed by atoms with Crippen LogP contribution in [0.3, 0.4) is 0 Å². The molecule has 1 amide bonds. The van der Waals surface area contributed by atoms with Gasteiger partial charge >= 0.3 is 0 Å². The molecule has 1 unspecified atom stereocenters. The zero-order chi connectivity index (χ0) is 16.7. The van der Waals surface area contributed by atoms with Gasteiger partial charge in [0.15, 0.2) is 5.96 Å². The highest BCUT2D eigenvalue weighted by atomic mass is 32.1. The van der Waals surface area contributed by atoms with Crippen molar-refractivity contribution in [2.24, 2.45) is 4.99 Å². The van der Waals surface area contributed by atoms with Crippen LogP contribution in [0, 0.1) is 0 Å². The fourth-order valence-corrected chi connectivity index (χ4v) is 3.38. The minimum absolute atomic E-state index is 0.223. The maximum absolute atomic E-state index is 11.6. The van der Waals surface area contributed by atoms with Crippen molar-refractivity contribution in [3.05, 3.63) is 16.1 Å². The van der Waals surface area contributed by atoms with Crippen LogP contribution in [0.5, 0.6) is 0 Å². The summed E-state index contributed by atoms with van der Waals surface area (Å²) in [7, 11) is 1.86. The molecule has 2 N–H and O–H groups in total. The van der Waals surface area contributed by atoms with Crippen LogP contribution >= 0.6 is 11.3 Å². The summed E-state index contributed by atoms with van der Waals surface area (Å²) in [6.45, 7) is 6.48. The van der Waals surface area contributed by atoms with E-state index in [4.69, 9.17) is 0 Å². The summed E-state index contributed by atoms with van der Waals surface area (Å²) in [6.07, 6.45) is 5.33. The van der Waals surface area contributed by atoms with Crippen molar-refractivity contribution in [1.82, 2.24) is 20.5 Å². The van der Waals surface area contributed by atoms with Gasteiger partial charge in [-0.25, -0.2) is 4.98 Å². The second-order valence-corrected chi connectivity index (χ2v) is 6.94. The Morgan fingerprint density at radius 3 is 3.00 bits per heavy atom. The molecule has 1 aliphatic heterocycles. The Hall–Kier alpha value is -1.63. The first-order valence-electron chi connectivity index (χ1n) is 8.34. The number of piperidine rings is 1. The summed E-state index contributed by atoms with van der Waals surface area (Å²) < 4.78 is 0. The predicted molar refractivity (Wildman–Crippen MR) is 95.0 cm³/mol. The number of carbonyl (C=O) groups is 1. The summed E-state index contributed by atoms with van der Waals surface area (Å²) in [5.41, 5.74) is 0. The van der Waals surface area contributed by atoms with Crippen LogP contribution in [0.25, 0.3) is 0 Å². The first-order valence-corrected chi connectivity index (χ1v) is 9.16. The lowest BCUT2D eigenvalue weighted by molar-refractivity contribution is -0.132. The standard InChI is InChI=1S/C16H27N5OS/c1-4-13-10-19-14(23-13)8-9-18-16(17-5-2)20-12-6-7-15(22)21(3)11-12/h10,12H,4-9,11H2,1-3H3,(H2,17,18,20). The van der Waals surface area contributed by atoms with Gasteiger partial charge in [0.2, 0.25) is 5.91 Å². The number of aryl methyl sites for hydroxylation is 1. The molecule has 1 atom stereocenters. The van der Waals surface area contributed by atoms with E-state index in [-0.39, 0.29) is 11.9 Å². The molecule has 0 spiro atoms. The molecule has 1 aromatic rings. The average Bonchev–Trinajstić information content (AvgIpc) is 2.99. The van der Waals surface area contributed by atoms with Crippen molar-refractivity contribution in [1.29, 1.82) is 0 Å². The molecule has 0 aliphatic carbocycles. The Balaban J connectivity index is 1.85. The van der Waals surface area contributed by atoms with E-state index in [1.807, 2.05) is 13.2 Å². The van der Waals surface area contributed by atoms with E-state index in [1.54, 1.807) is 16.2 Å². The number of nitrogens with zero attached hydrogens (tertiary/aromatic N) is 3. The van der Waals surface area contributed by atoms with E-state index in [0.29, 0.717) is 13.0 Å².